The third-order valence-electron chi connectivity index (χ3n) is 54.7. The van der Waals surface area contributed by atoms with Crippen LogP contribution in [-0.4, -0.2) is 135 Å². The van der Waals surface area contributed by atoms with Crippen LogP contribution < -0.4 is 0 Å². The van der Waals surface area contributed by atoms with Crippen molar-refractivity contribution < 1.29 is 61.3 Å². The van der Waals surface area contributed by atoms with E-state index in [9.17, 15) is 61.3 Å². The molecule has 20 aliphatic carbocycles. The minimum atomic E-state index is -0.273. The Bertz CT molecular complexity index is 3690. The molecule has 0 bridgehead atoms. The van der Waals surface area contributed by atoms with Crippen molar-refractivity contribution in [2.75, 3.05) is 0 Å². The molecule has 20 aliphatic rings. The highest BCUT2D eigenvalue weighted by atomic mass is 16.3. The maximum atomic E-state index is 11.7. The molecule has 57 atom stereocenters. The van der Waals surface area contributed by atoms with E-state index < -0.39 is 0 Å². The summed E-state index contributed by atoms with van der Waals surface area (Å²) in [5.41, 5.74) is 2.51. The SMILES string of the molecule is CCC[C@@H](C)[C@H]1CCC2C3C(CC[C@@]21C)[C@@]1(C)CC[C@@H](O)C[C@H]1[C@@H](CC)[C@@H]3O.CCC[C@@H](C)[C@H]1CCC2C3C(CC[C@@]21C)[C@@]1(C)CC[C@@H](O)C[C@H]1[C@@H](CC)[C@H]3O.CCC[C@@H](C)[C@H]1CCC2C3C(CC[C@@]21C)[C@@]1(C)CC[C@@H](O)C[C@H]1[C@@H](CC)[C@H]3O.CCC[C@@H](C)[C@H]1CCC2C3C(C[C@H](O)[C@@]21C)[C@@]1(C)CC[C@@H](O)C[C@H]1[C@@H](CC)[C@@H]3O.CCC[C@@H](C)[C@H]1CCC2C3C(C[C@H](O)[C@@]21C)[C@@]1(C)CC[C@@H](O)C[C@H]1[C@@H](CC)[C@H]3O. The van der Waals surface area contributed by atoms with E-state index in [2.05, 4.69) is 173 Å². The summed E-state index contributed by atoms with van der Waals surface area (Å²) in [6.07, 6.45) is 53.1. The molecule has 12 nitrogen and oxygen atoms in total. The lowest BCUT2D eigenvalue weighted by Gasteiger charge is -2.65. The van der Waals surface area contributed by atoms with Crippen molar-refractivity contribution >= 4 is 0 Å². The predicted molar refractivity (Wildman–Crippen MR) is 582 cm³/mol. The van der Waals surface area contributed by atoms with Crippen LogP contribution >= 0.6 is 0 Å². The smallest absolute Gasteiger partial charge is 0.0605 e. The molecule has 12 N–H and O–H groups in total. The van der Waals surface area contributed by atoms with Gasteiger partial charge in [-0.2, -0.15) is 0 Å². The summed E-state index contributed by atoms with van der Waals surface area (Å²) in [5, 5.41) is 134. The highest BCUT2D eigenvalue weighted by Crippen LogP contribution is 2.78. The summed E-state index contributed by atoms with van der Waals surface area (Å²) in [6, 6.07) is 0. The summed E-state index contributed by atoms with van der Waals surface area (Å²) < 4.78 is 0. The Morgan fingerprint density at radius 3 is 0.577 bits per heavy atom. The van der Waals surface area contributed by atoms with Gasteiger partial charge in [-0.1, -0.05) is 269 Å². The van der Waals surface area contributed by atoms with E-state index in [0.29, 0.717) is 204 Å². The second-order valence-electron chi connectivity index (χ2n) is 59.6. The monoisotopic (exact) mass is 1980 g/mol. The van der Waals surface area contributed by atoms with Gasteiger partial charge in [-0.25, -0.2) is 0 Å². The van der Waals surface area contributed by atoms with Crippen LogP contribution in [0, 0.1) is 261 Å². The van der Waals surface area contributed by atoms with Crippen molar-refractivity contribution in [1.29, 1.82) is 0 Å². The molecule has 0 radical (unpaired) electrons. The molecule has 0 aromatic rings. The minimum Gasteiger partial charge on any atom is -0.393 e. The number of hydrogen-bond acceptors (Lipinski definition) is 12. The van der Waals surface area contributed by atoms with Gasteiger partial charge in [-0.15, -0.1) is 0 Å². The lowest BCUT2D eigenvalue weighted by molar-refractivity contribution is -0.228. The van der Waals surface area contributed by atoms with E-state index in [1.54, 1.807) is 0 Å². The quantitative estimate of drug-likeness (QED) is 0.0545. The van der Waals surface area contributed by atoms with Gasteiger partial charge in [0.2, 0.25) is 0 Å². The van der Waals surface area contributed by atoms with Crippen molar-refractivity contribution in [2.45, 2.75) is 555 Å². The van der Waals surface area contributed by atoms with Crippen molar-refractivity contribution in [2.24, 2.45) is 261 Å². The fourth-order valence-corrected chi connectivity index (χ4v) is 47.9. The van der Waals surface area contributed by atoms with Crippen LogP contribution in [0.1, 0.15) is 481 Å². The molecular weight excluding hydrogens is 1750 g/mol. The summed E-state index contributed by atoms with van der Waals surface area (Å²) in [7, 11) is 0. The van der Waals surface area contributed by atoms with E-state index >= 15 is 0 Å². The van der Waals surface area contributed by atoms with E-state index in [-0.39, 0.29) is 94.9 Å². The lowest BCUT2D eigenvalue weighted by Crippen LogP contribution is -2.65. The Kier molecular flexibility index (Phi) is 35.6. The van der Waals surface area contributed by atoms with E-state index in [1.807, 2.05) is 0 Å². The molecule has 20 fully saturated rings. The first-order valence-electron chi connectivity index (χ1n) is 63.4. The number of fused-ring (bicyclic) bond motifs is 25. The van der Waals surface area contributed by atoms with Crippen LogP contribution in [-0.2, 0) is 0 Å². The predicted octanol–water partition coefficient (Wildman–Crippen LogP) is 28.2. The van der Waals surface area contributed by atoms with Crippen LogP contribution in [0.2, 0.25) is 0 Å². The van der Waals surface area contributed by atoms with Crippen LogP contribution in [0.5, 0.6) is 0 Å². The Hall–Kier alpha value is -0.480. The van der Waals surface area contributed by atoms with Crippen LogP contribution in [0.15, 0.2) is 0 Å². The molecule has 142 heavy (non-hydrogen) atoms. The standard InChI is InChI=1S/2C26H46O3.3C26H46O2/c2*1-6-8-15(3)18-9-10-19-23-21(14-22(28)26(18,19)5)25(4)12-11-16(27)13-20(25)17(7-2)24(23)29;3*1-6-8-16(3)19-9-10-20-23-21(12-14-25(19,20)4)26(5)13-11-17(27)15-22(26)18(7-2)24(23)28/h2*15-24,27-29H,6-14H2,1-5H3;3*16-24,27-28H,6-15H2,1-5H3/t15-,16-,17-,18-,19?,20+,21?,22+,23?,24+,25+,26-;15-,16-,17-,18-,19?,20+,21?,22+,23?,24-,25+,26-;16-,17-,18-,19-,20?,21?,22+,23?,24+,25-,26-;2*16-,17-,18-,19-,20?,21?,22+,23?,24-,25-,26-/m11111/s1. The van der Waals surface area contributed by atoms with Gasteiger partial charge in [0.1, 0.15) is 0 Å². The van der Waals surface area contributed by atoms with Crippen molar-refractivity contribution in [3.63, 3.8) is 0 Å². The number of aliphatic hydroxyl groups is 12. The van der Waals surface area contributed by atoms with Crippen LogP contribution in [0.3, 0.4) is 0 Å². The summed E-state index contributed by atoms with van der Waals surface area (Å²) in [4.78, 5) is 0. The zero-order valence-electron chi connectivity index (χ0n) is 96.4. The molecule has 0 heterocycles. The third kappa shape index (κ3) is 18.8. The van der Waals surface area contributed by atoms with E-state index in [4.69, 9.17) is 0 Å². The fraction of sp³-hybridized carbons (Fsp3) is 1.00. The van der Waals surface area contributed by atoms with Gasteiger partial charge in [0.15, 0.2) is 0 Å². The fourth-order valence-electron chi connectivity index (χ4n) is 47.9. The Labute approximate surface area is 871 Å². The molecular formula is C130H230O12. The molecule has 20 saturated carbocycles. The molecule has 0 aliphatic heterocycles. The normalized spacial score (nSPS) is 55.0. The summed E-state index contributed by atoms with van der Waals surface area (Å²) in [5.74, 6) is 19.5. The van der Waals surface area contributed by atoms with Crippen molar-refractivity contribution in [3.8, 4) is 0 Å². The van der Waals surface area contributed by atoms with Crippen molar-refractivity contribution in [1.82, 2.24) is 0 Å². The zero-order chi connectivity index (χ0) is 103. The van der Waals surface area contributed by atoms with Crippen molar-refractivity contribution in [3.05, 3.63) is 0 Å². The molecule has 0 spiro atoms. The molecule has 15 unspecified atom stereocenters. The van der Waals surface area contributed by atoms with Gasteiger partial charge in [-0.05, 0) is 473 Å². The van der Waals surface area contributed by atoms with Crippen LogP contribution in [0.25, 0.3) is 0 Å². The van der Waals surface area contributed by atoms with Gasteiger partial charge in [-0.3, -0.25) is 0 Å². The molecule has 0 saturated heterocycles. The first-order valence-corrected chi connectivity index (χ1v) is 63.4. The Morgan fingerprint density at radius 2 is 0.366 bits per heavy atom. The highest BCUT2D eigenvalue weighted by Gasteiger charge is 2.74. The number of hydrogen-bond donors (Lipinski definition) is 12. The molecule has 0 aromatic carbocycles. The van der Waals surface area contributed by atoms with Gasteiger partial charge >= 0.3 is 0 Å². The van der Waals surface area contributed by atoms with E-state index in [1.165, 1.54) is 186 Å². The van der Waals surface area contributed by atoms with Gasteiger partial charge in [0.25, 0.3) is 0 Å². The second-order valence-corrected chi connectivity index (χ2v) is 59.6. The Morgan fingerprint density at radius 1 is 0.190 bits per heavy atom. The maximum Gasteiger partial charge on any atom is 0.0605 e. The average Bonchev–Trinajstić information content (AvgIpc) is 1.40. The molecule has 20 rings (SSSR count). The lowest BCUT2D eigenvalue weighted by atomic mass is 9.41. The molecule has 0 amide bonds. The third-order valence-corrected chi connectivity index (χ3v) is 54.7. The zero-order valence-corrected chi connectivity index (χ0v) is 96.4. The number of rotatable bonds is 20. The van der Waals surface area contributed by atoms with E-state index in [0.717, 1.165) is 158 Å². The molecule has 822 valence electrons. The highest BCUT2D eigenvalue weighted by molar-refractivity contribution is 5.23. The topological polar surface area (TPSA) is 243 Å². The second kappa shape index (κ2) is 44.3. The maximum absolute atomic E-state index is 11.7. The van der Waals surface area contributed by atoms with Gasteiger partial charge < -0.3 is 61.3 Å². The number of aliphatic hydroxyl groups excluding tert-OH is 12. The average molecular weight is 1990 g/mol. The van der Waals surface area contributed by atoms with Crippen LogP contribution in [0.4, 0.5) is 0 Å². The Balaban J connectivity index is 0.000000128. The first kappa shape index (κ1) is 114. The summed E-state index contributed by atoms with van der Waals surface area (Å²) >= 11 is 0. The first-order chi connectivity index (χ1) is 67.2. The minimum absolute atomic E-state index is 0.0492. The molecule has 12 heteroatoms. The summed E-state index contributed by atoms with van der Waals surface area (Å²) in [6.45, 7) is 60.2. The largest absolute Gasteiger partial charge is 0.393 e. The molecule has 0 aromatic heterocycles. The van der Waals surface area contributed by atoms with Gasteiger partial charge in [0.05, 0.1) is 73.2 Å². The van der Waals surface area contributed by atoms with Gasteiger partial charge in [0, 0.05) is 0 Å².